The van der Waals surface area contributed by atoms with Gasteiger partial charge in [0.2, 0.25) is 0 Å². The summed E-state index contributed by atoms with van der Waals surface area (Å²) in [4.78, 5) is 2.86. The average Bonchev–Trinajstić information content (AvgIpc) is 2.53. The zero-order chi connectivity index (χ0) is 12.1. The predicted molar refractivity (Wildman–Crippen MR) is 74.2 cm³/mol. The standard InChI is InChI=1S/C16H28N2/c17-15-2-1-4-18(5-3-15)16-13-7-11-6-12(9-13)10-14(16)8-11/h11-16H,1-10,17H2. The van der Waals surface area contributed by atoms with Crippen molar-refractivity contribution in [3.05, 3.63) is 0 Å². The van der Waals surface area contributed by atoms with E-state index in [2.05, 4.69) is 4.90 Å². The number of hydrogen-bond acceptors (Lipinski definition) is 2. The molecule has 5 rings (SSSR count). The fraction of sp³-hybridized carbons (Fsp3) is 1.00. The Morgan fingerprint density at radius 1 is 0.778 bits per heavy atom. The predicted octanol–water partition coefficient (Wildman–Crippen LogP) is 2.62. The second kappa shape index (κ2) is 4.49. The van der Waals surface area contributed by atoms with E-state index < -0.39 is 0 Å². The quantitative estimate of drug-likeness (QED) is 0.773. The van der Waals surface area contributed by atoms with Gasteiger partial charge < -0.3 is 5.73 Å². The van der Waals surface area contributed by atoms with Gasteiger partial charge in [0.15, 0.2) is 0 Å². The van der Waals surface area contributed by atoms with Gasteiger partial charge >= 0.3 is 0 Å². The summed E-state index contributed by atoms with van der Waals surface area (Å²) < 4.78 is 0. The SMILES string of the molecule is NC1CCCN(C2C3CC4CC(C3)CC2C4)CC1. The second-order valence-electron chi connectivity index (χ2n) is 7.65. The first-order valence-electron chi connectivity index (χ1n) is 8.29. The van der Waals surface area contributed by atoms with Crippen LogP contribution in [0.4, 0.5) is 0 Å². The van der Waals surface area contributed by atoms with Crippen LogP contribution in [0.3, 0.4) is 0 Å². The second-order valence-corrected chi connectivity index (χ2v) is 7.65. The lowest BCUT2D eigenvalue weighted by Gasteiger charge is -2.57. The molecule has 1 aliphatic heterocycles. The van der Waals surface area contributed by atoms with Gasteiger partial charge in [-0.1, -0.05) is 0 Å². The molecule has 102 valence electrons. The van der Waals surface area contributed by atoms with Crippen molar-refractivity contribution >= 4 is 0 Å². The van der Waals surface area contributed by atoms with Gasteiger partial charge in [0.05, 0.1) is 0 Å². The summed E-state index contributed by atoms with van der Waals surface area (Å²) in [6, 6.07) is 1.43. The number of rotatable bonds is 1. The molecule has 1 unspecified atom stereocenters. The van der Waals surface area contributed by atoms with Crippen LogP contribution in [-0.2, 0) is 0 Å². The van der Waals surface area contributed by atoms with Crippen LogP contribution in [0, 0.1) is 23.7 Å². The van der Waals surface area contributed by atoms with Gasteiger partial charge in [0.25, 0.3) is 0 Å². The summed E-state index contributed by atoms with van der Waals surface area (Å²) in [6.45, 7) is 2.62. The summed E-state index contributed by atoms with van der Waals surface area (Å²) in [5.41, 5.74) is 6.14. The number of nitrogens with zero attached hydrogens (tertiary/aromatic N) is 1. The average molecular weight is 248 g/mol. The maximum absolute atomic E-state index is 6.14. The minimum atomic E-state index is 0.479. The maximum Gasteiger partial charge on any atom is 0.0152 e. The van der Waals surface area contributed by atoms with E-state index in [1.807, 2.05) is 0 Å². The van der Waals surface area contributed by atoms with Gasteiger partial charge in [0.1, 0.15) is 0 Å². The molecular weight excluding hydrogens is 220 g/mol. The van der Waals surface area contributed by atoms with E-state index >= 15 is 0 Å². The van der Waals surface area contributed by atoms with E-state index in [4.69, 9.17) is 5.73 Å². The molecular formula is C16H28N2. The van der Waals surface area contributed by atoms with Crippen molar-refractivity contribution in [2.75, 3.05) is 13.1 Å². The van der Waals surface area contributed by atoms with Crippen LogP contribution in [0.2, 0.25) is 0 Å². The molecule has 2 nitrogen and oxygen atoms in total. The van der Waals surface area contributed by atoms with Crippen LogP contribution in [0.15, 0.2) is 0 Å². The van der Waals surface area contributed by atoms with Crippen LogP contribution < -0.4 is 5.73 Å². The summed E-state index contributed by atoms with van der Waals surface area (Å²) in [6.07, 6.45) is 11.6. The van der Waals surface area contributed by atoms with Crippen molar-refractivity contribution in [1.29, 1.82) is 0 Å². The Kier molecular flexibility index (Phi) is 2.92. The molecule has 0 amide bonds. The normalized spacial score (nSPS) is 52.5. The largest absolute Gasteiger partial charge is 0.328 e. The van der Waals surface area contributed by atoms with Gasteiger partial charge in [0, 0.05) is 12.1 Å². The monoisotopic (exact) mass is 248 g/mol. The molecule has 5 aliphatic rings. The molecule has 1 heterocycles. The first-order valence-corrected chi connectivity index (χ1v) is 8.29. The van der Waals surface area contributed by atoms with E-state index in [0.717, 1.165) is 29.7 Å². The summed E-state index contributed by atoms with van der Waals surface area (Å²) in [5, 5.41) is 0. The molecule has 2 N–H and O–H groups in total. The van der Waals surface area contributed by atoms with Crippen LogP contribution in [0.25, 0.3) is 0 Å². The van der Waals surface area contributed by atoms with E-state index in [1.54, 1.807) is 32.1 Å². The highest BCUT2D eigenvalue weighted by atomic mass is 15.2. The van der Waals surface area contributed by atoms with Gasteiger partial charge in [-0.3, -0.25) is 4.90 Å². The molecule has 1 atom stereocenters. The molecule has 4 bridgehead atoms. The first-order chi connectivity index (χ1) is 8.79. The zero-order valence-electron chi connectivity index (χ0n) is 11.6. The summed E-state index contributed by atoms with van der Waals surface area (Å²) in [5.74, 6) is 4.32. The zero-order valence-corrected chi connectivity index (χ0v) is 11.6. The van der Waals surface area contributed by atoms with Crippen molar-refractivity contribution in [2.45, 2.75) is 63.5 Å². The molecule has 4 saturated carbocycles. The Hall–Kier alpha value is -0.0800. The third kappa shape index (κ3) is 1.92. The minimum absolute atomic E-state index is 0.479. The van der Waals surface area contributed by atoms with Crippen LogP contribution in [-0.4, -0.2) is 30.1 Å². The fourth-order valence-electron chi connectivity index (χ4n) is 5.94. The lowest BCUT2D eigenvalue weighted by molar-refractivity contribution is -0.0643. The van der Waals surface area contributed by atoms with Crippen LogP contribution in [0.5, 0.6) is 0 Å². The van der Waals surface area contributed by atoms with E-state index in [0.29, 0.717) is 6.04 Å². The topological polar surface area (TPSA) is 29.3 Å². The number of likely N-dealkylation sites (tertiary alicyclic amines) is 1. The van der Waals surface area contributed by atoms with Gasteiger partial charge in [-0.2, -0.15) is 0 Å². The molecule has 18 heavy (non-hydrogen) atoms. The van der Waals surface area contributed by atoms with E-state index in [1.165, 1.54) is 32.4 Å². The van der Waals surface area contributed by atoms with Crippen molar-refractivity contribution < 1.29 is 0 Å². The molecule has 0 aromatic rings. The molecule has 5 fully saturated rings. The Morgan fingerprint density at radius 3 is 2.11 bits per heavy atom. The number of hydrogen-bond donors (Lipinski definition) is 1. The highest BCUT2D eigenvalue weighted by Crippen LogP contribution is 2.55. The van der Waals surface area contributed by atoms with E-state index in [-0.39, 0.29) is 0 Å². The highest BCUT2D eigenvalue weighted by Gasteiger charge is 2.49. The van der Waals surface area contributed by atoms with Crippen molar-refractivity contribution in [3.8, 4) is 0 Å². The Bertz CT molecular complexity index is 286. The molecule has 0 aromatic heterocycles. The third-order valence-corrected chi connectivity index (χ3v) is 6.41. The molecule has 0 radical (unpaired) electrons. The maximum atomic E-state index is 6.14. The van der Waals surface area contributed by atoms with Crippen molar-refractivity contribution in [2.24, 2.45) is 29.4 Å². The molecule has 2 heteroatoms. The van der Waals surface area contributed by atoms with Crippen molar-refractivity contribution in [1.82, 2.24) is 4.90 Å². The van der Waals surface area contributed by atoms with Crippen molar-refractivity contribution in [3.63, 3.8) is 0 Å². The third-order valence-electron chi connectivity index (χ3n) is 6.41. The Morgan fingerprint density at radius 2 is 1.44 bits per heavy atom. The summed E-state index contributed by atoms with van der Waals surface area (Å²) in [7, 11) is 0. The minimum Gasteiger partial charge on any atom is -0.328 e. The van der Waals surface area contributed by atoms with Gasteiger partial charge in [-0.15, -0.1) is 0 Å². The Labute approximate surface area is 111 Å². The first kappa shape index (κ1) is 11.7. The summed E-state index contributed by atoms with van der Waals surface area (Å²) >= 11 is 0. The molecule has 4 aliphatic carbocycles. The smallest absolute Gasteiger partial charge is 0.0152 e. The lowest BCUT2D eigenvalue weighted by atomic mass is 9.54. The molecule has 0 spiro atoms. The Balaban J connectivity index is 1.50. The fourth-order valence-corrected chi connectivity index (χ4v) is 5.94. The number of nitrogens with two attached hydrogens (primary N) is 1. The lowest BCUT2D eigenvalue weighted by Crippen LogP contribution is -2.56. The van der Waals surface area contributed by atoms with Crippen LogP contribution >= 0.6 is 0 Å². The molecule has 1 saturated heterocycles. The van der Waals surface area contributed by atoms with E-state index in [9.17, 15) is 0 Å². The van der Waals surface area contributed by atoms with Crippen LogP contribution in [0.1, 0.15) is 51.4 Å². The van der Waals surface area contributed by atoms with Gasteiger partial charge in [-0.25, -0.2) is 0 Å². The molecule has 0 aromatic carbocycles. The van der Waals surface area contributed by atoms with Gasteiger partial charge in [-0.05, 0) is 88.1 Å². The highest BCUT2D eigenvalue weighted by molar-refractivity contribution is 5.02.